The van der Waals surface area contributed by atoms with E-state index >= 15 is 0 Å². The number of hydrogen-bond donors (Lipinski definition) is 0. The van der Waals surface area contributed by atoms with Crippen molar-refractivity contribution in [2.24, 2.45) is 0 Å². The maximum atomic E-state index is 7.01. The Kier molecular flexibility index (Phi) is 5.75. The molecule has 0 radical (unpaired) electrons. The summed E-state index contributed by atoms with van der Waals surface area (Å²) in [6.07, 6.45) is 2.03. The van der Waals surface area contributed by atoms with E-state index in [0.29, 0.717) is 0 Å². The first-order chi connectivity index (χ1) is 24.7. The molecular formula is C47H33NOS. The molecule has 3 heterocycles. The second-order valence-electron chi connectivity index (χ2n) is 13.8. The molecule has 7 aromatic carbocycles. The second-order valence-corrected chi connectivity index (χ2v) is 14.9. The van der Waals surface area contributed by atoms with Crippen LogP contribution in [0.3, 0.4) is 0 Å². The summed E-state index contributed by atoms with van der Waals surface area (Å²) in [4.78, 5) is 0. The van der Waals surface area contributed by atoms with Crippen LogP contribution in [0.2, 0.25) is 0 Å². The van der Waals surface area contributed by atoms with Crippen molar-refractivity contribution in [3.63, 3.8) is 0 Å². The zero-order valence-corrected chi connectivity index (χ0v) is 28.8. The third-order valence-corrected chi connectivity index (χ3v) is 12.8. The molecule has 0 spiro atoms. The van der Waals surface area contributed by atoms with Gasteiger partial charge in [0, 0.05) is 52.9 Å². The van der Waals surface area contributed by atoms with Gasteiger partial charge in [0.25, 0.3) is 0 Å². The van der Waals surface area contributed by atoms with E-state index in [4.69, 9.17) is 4.42 Å². The molecule has 11 rings (SSSR count). The Hall–Kier alpha value is -5.64. The SMILES string of the molecule is CCC1(CC)c2ccccc2-c2c1c1c3ccccc3n(-c3ccccc3-c3ccc4sc5ccccc5c4c3)c1c1c2oc2ccccc21. The highest BCUT2D eigenvalue weighted by Crippen LogP contribution is 2.60. The van der Waals surface area contributed by atoms with Crippen LogP contribution in [0.4, 0.5) is 0 Å². The van der Waals surface area contributed by atoms with E-state index in [1.54, 1.807) is 0 Å². The lowest BCUT2D eigenvalue weighted by atomic mass is 9.72. The molecule has 0 atom stereocenters. The molecule has 0 saturated heterocycles. The highest BCUT2D eigenvalue weighted by molar-refractivity contribution is 7.25. The third kappa shape index (κ3) is 3.48. The summed E-state index contributed by atoms with van der Waals surface area (Å²) >= 11 is 1.87. The summed E-state index contributed by atoms with van der Waals surface area (Å²) in [5.74, 6) is 0. The second kappa shape index (κ2) is 10.2. The molecule has 3 heteroatoms. The van der Waals surface area contributed by atoms with Gasteiger partial charge in [-0.05, 0) is 71.5 Å². The molecule has 238 valence electrons. The normalized spacial score (nSPS) is 13.7. The summed E-state index contributed by atoms with van der Waals surface area (Å²) < 4.78 is 12.2. The van der Waals surface area contributed by atoms with Crippen molar-refractivity contribution >= 4 is 75.3 Å². The molecule has 0 amide bonds. The lowest BCUT2D eigenvalue weighted by molar-refractivity contribution is 0.494. The van der Waals surface area contributed by atoms with Crippen molar-refractivity contribution < 1.29 is 4.42 Å². The van der Waals surface area contributed by atoms with Crippen molar-refractivity contribution in [2.75, 3.05) is 0 Å². The lowest BCUT2D eigenvalue weighted by Gasteiger charge is -2.30. The van der Waals surface area contributed by atoms with E-state index in [-0.39, 0.29) is 5.41 Å². The Balaban J connectivity index is 1.34. The van der Waals surface area contributed by atoms with E-state index < -0.39 is 0 Å². The van der Waals surface area contributed by atoms with Gasteiger partial charge < -0.3 is 8.98 Å². The maximum absolute atomic E-state index is 7.01. The number of rotatable bonds is 4. The van der Waals surface area contributed by atoms with E-state index in [1.807, 2.05) is 11.3 Å². The number of aromatic nitrogens is 1. The molecule has 0 unspecified atom stereocenters. The zero-order valence-electron chi connectivity index (χ0n) is 28.0. The number of thiophene rings is 1. The standard InChI is InChI=1S/C47H33NOS/c1-3-47(4-2)35-20-10-5-17-31(35)42-44(47)41-32-18-7-12-22-37(32)48(45(41)43-33-19-8-13-23-38(33)49-46(42)43)36-21-11-6-15-29(36)28-25-26-40-34(27-28)30-16-9-14-24-39(30)50-40/h5-27H,3-4H2,1-2H3. The van der Waals surface area contributed by atoms with Crippen molar-refractivity contribution in [1.82, 2.24) is 4.57 Å². The first kappa shape index (κ1) is 28.2. The van der Waals surface area contributed by atoms with Gasteiger partial charge in [0.15, 0.2) is 0 Å². The van der Waals surface area contributed by atoms with Crippen LogP contribution in [0.1, 0.15) is 37.8 Å². The Morgan fingerprint density at radius 1 is 0.600 bits per heavy atom. The van der Waals surface area contributed by atoms with Crippen LogP contribution in [0, 0.1) is 0 Å². The van der Waals surface area contributed by atoms with Gasteiger partial charge in [-0.1, -0.05) is 117 Å². The molecule has 0 aliphatic heterocycles. The fourth-order valence-corrected chi connectivity index (χ4v) is 10.5. The number of nitrogens with zero attached hydrogens (tertiary/aromatic N) is 1. The van der Waals surface area contributed by atoms with Gasteiger partial charge in [0.2, 0.25) is 0 Å². The Labute approximate surface area is 293 Å². The van der Waals surface area contributed by atoms with Crippen LogP contribution < -0.4 is 0 Å². The Morgan fingerprint density at radius 2 is 1.28 bits per heavy atom. The van der Waals surface area contributed by atoms with Crippen LogP contribution >= 0.6 is 11.3 Å². The molecule has 0 saturated carbocycles. The third-order valence-electron chi connectivity index (χ3n) is 11.7. The fourth-order valence-electron chi connectivity index (χ4n) is 9.45. The average Bonchev–Trinajstić information content (AvgIpc) is 3.91. The Bertz CT molecular complexity index is 3020. The van der Waals surface area contributed by atoms with Crippen molar-refractivity contribution in [3.05, 3.63) is 151 Å². The van der Waals surface area contributed by atoms with Gasteiger partial charge in [-0.15, -0.1) is 11.3 Å². The molecule has 3 aromatic heterocycles. The first-order valence-electron chi connectivity index (χ1n) is 17.7. The molecule has 0 N–H and O–H groups in total. The summed E-state index contributed by atoms with van der Waals surface area (Å²) in [5, 5.41) is 7.63. The van der Waals surface area contributed by atoms with E-state index in [2.05, 4.69) is 158 Å². The molecule has 0 fully saturated rings. The summed E-state index contributed by atoms with van der Waals surface area (Å²) in [5.41, 5.74) is 13.3. The van der Waals surface area contributed by atoms with Gasteiger partial charge in [0.05, 0.1) is 22.1 Å². The smallest absolute Gasteiger partial charge is 0.145 e. The van der Waals surface area contributed by atoms with Crippen LogP contribution in [0.5, 0.6) is 0 Å². The van der Waals surface area contributed by atoms with E-state index in [9.17, 15) is 0 Å². The number of fused-ring (bicyclic) bond motifs is 15. The maximum Gasteiger partial charge on any atom is 0.145 e. The molecular weight excluding hydrogens is 627 g/mol. The molecule has 2 nitrogen and oxygen atoms in total. The fraction of sp³-hybridized carbons (Fsp3) is 0.106. The number of benzene rings is 7. The van der Waals surface area contributed by atoms with E-state index in [1.165, 1.54) is 86.4 Å². The van der Waals surface area contributed by atoms with Crippen molar-refractivity contribution in [2.45, 2.75) is 32.1 Å². The minimum absolute atomic E-state index is 0.128. The summed E-state index contributed by atoms with van der Waals surface area (Å²) in [7, 11) is 0. The topological polar surface area (TPSA) is 18.1 Å². The molecule has 10 aromatic rings. The minimum Gasteiger partial charge on any atom is -0.455 e. The van der Waals surface area contributed by atoms with Crippen LogP contribution in [-0.4, -0.2) is 4.57 Å². The van der Waals surface area contributed by atoms with Crippen molar-refractivity contribution in [1.29, 1.82) is 0 Å². The largest absolute Gasteiger partial charge is 0.455 e. The quantitative estimate of drug-likeness (QED) is 0.184. The average molecular weight is 660 g/mol. The Morgan fingerprint density at radius 3 is 2.14 bits per heavy atom. The predicted molar refractivity (Wildman–Crippen MR) is 213 cm³/mol. The minimum atomic E-state index is -0.128. The molecule has 50 heavy (non-hydrogen) atoms. The van der Waals surface area contributed by atoms with Gasteiger partial charge in [0.1, 0.15) is 11.2 Å². The lowest BCUT2D eigenvalue weighted by Crippen LogP contribution is -2.23. The molecule has 0 bridgehead atoms. The van der Waals surface area contributed by atoms with Crippen LogP contribution in [0.25, 0.3) is 91.9 Å². The monoisotopic (exact) mass is 659 g/mol. The van der Waals surface area contributed by atoms with Gasteiger partial charge in [-0.2, -0.15) is 0 Å². The highest BCUT2D eigenvalue weighted by atomic mass is 32.1. The van der Waals surface area contributed by atoms with Crippen LogP contribution in [0.15, 0.2) is 144 Å². The molecule has 1 aliphatic carbocycles. The predicted octanol–water partition coefficient (Wildman–Crippen LogP) is 13.8. The summed E-state index contributed by atoms with van der Waals surface area (Å²) in [6, 6.07) is 51.5. The first-order valence-corrected chi connectivity index (χ1v) is 18.5. The van der Waals surface area contributed by atoms with Gasteiger partial charge in [-0.3, -0.25) is 0 Å². The van der Waals surface area contributed by atoms with E-state index in [0.717, 1.165) is 29.4 Å². The highest BCUT2D eigenvalue weighted by Gasteiger charge is 2.45. The molecule has 1 aliphatic rings. The van der Waals surface area contributed by atoms with Gasteiger partial charge in [-0.25, -0.2) is 0 Å². The number of furan rings is 1. The van der Waals surface area contributed by atoms with Crippen molar-refractivity contribution in [3.8, 4) is 27.9 Å². The summed E-state index contributed by atoms with van der Waals surface area (Å²) in [6.45, 7) is 4.73. The number of hydrogen-bond acceptors (Lipinski definition) is 2. The zero-order chi connectivity index (χ0) is 33.1. The van der Waals surface area contributed by atoms with Gasteiger partial charge >= 0.3 is 0 Å². The number of para-hydroxylation sites is 3. The van der Waals surface area contributed by atoms with Crippen LogP contribution in [-0.2, 0) is 5.41 Å².